The highest BCUT2D eigenvalue weighted by Crippen LogP contribution is 2.24. The monoisotopic (exact) mass is 724 g/mol. The van der Waals surface area contributed by atoms with Crippen molar-refractivity contribution in [3.8, 4) is 0 Å². The Balaban J connectivity index is 1.30. The highest BCUT2D eigenvalue weighted by molar-refractivity contribution is 5.97. The number of fused-ring (bicyclic) bond motifs is 5. The number of H-pyrrole nitrogens is 1. The molecule has 0 unspecified atom stereocenters. The number of hydrogen-bond donors (Lipinski definition) is 6. The second-order valence-corrected chi connectivity index (χ2v) is 12.9. The molecule has 2 aromatic carbocycles. The van der Waals surface area contributed by atoms with Gasteiger partial charge in [-0.1, -0.05) is 53.7 Å². The van der Waals surface area contributed by atoms with Crippen LogP contribution in [0.1, 0.15) is 69.3 Å². The summed E-state index contributed by atoms with van der Waals surface area (Å²) in [7, 11) is 0. The molecule has 0 radical (unpaired) electrons. The summed E-state index contributed by atoms with van der Waals surface area (Å²) in [4.78, 5) is 75.9. The number of oxazole rings is 1. The normalized spacial score (nSPS) is 19.8. The molecule has 276 valence electrons. The number of nitrogens with zero attached hydrogens (tertiary/aromatic N) is 3. The lowest BCUT2D eigenvalue weighted by Gasteiger charge is -2.24. The number of benzene rings is 2. The van der Waals surface area contributed by atoms with Crippen molar-refractivity contribution in [1.82, 2.24) is 41.3 Å². The molecule has 1 aliphatic heterocycles. The summed E-state index contributed by atoms with van der Waals surface area (Å²) in [6.07, 6.45) is 0.000806. The molecule has 6 N–H and O–H groups in total. The molecule has 5 amide bonds. The van der Waals surface area contributed by atoms with Gasteiger partial charge in [0.25, 0.3) is 11.8 Å². The predicted octanol–water partition coefficient (Wildman–Crippen LogP) is 1.85. The van der Waals surface area contributed by atoms with Gasteiger partial charge < -0.3 is 45.2 Å². The molecule has 6 rings (SSSR count). The summed E-state index contributed by atoms with van der Waals surface area (Å²) < 4.78 is 11.2. The molecule has 0 saturated carbocycles. The van der Waals surface area contributed by atoms with Crippen LogP contribution in [-0.4, -0.2) is 85.9 Å². The fourth-order valence-electron chi connectivity index (χ4n) is 6.09. The first kappa shape index (κ1) is 36.5. The molecule has 16 nitrogen and oxygen atoms in total. The highest BCUT2D eigenvalue weighted by Gasteiger charge is 2.31. The van der Waals surface area contributed by atoms with Crippen LogP contribution in [0.4, 0.5) is 0 Å². The van der Waals surface area contributed by atoms with Gasteiger partial charge in [-0.15, -0.1) is 0 Å². The summed E-state index contributed by atoms with van der Waals surface area (Å²) in [5, 5.41) is 25.8. The summed E-state index contributed by atoms with van der Waals surface area (Å²) in [6, 6.07) is 14.9. The minimum Gasteiger partial charge on any atom is -0.446 e. The van der Waals surface area contributed by atoms with E-state index in [1.807, 2.05) is 61.5 Å². The predicted molar refractivity (Wildman–Crippen MR) is 189 cm³/mol. The fraction of sp³-hybridized carbons (Fsp3) is 0.324. The number of carbonyl (C=O) groups excluding carboxylic acids is 5. The SMILES string of the molecule is Cc1[nH]c2ccccc2c1CC(=O)N1CCNC(=O)[C@@H](C)NC(=O)[C@H]([C@@H](C)O)NC(=O)c2coc(n2)[C@@H](Cc2ccccc2)NC(=O)c2cc(on2)C1. The van der Waals surface area contributed by atoms with Crippen molar-refractivity contribution in [2.24, 2.45) is 0 Å². The van der Waals surface area contributed by atoms with E-state index in [2.05, 4.69) is 36.4 Å². The van der Waals surface area contributed by atoms with E-state index < -0.39 is 47.9 Å². The Bertz CT molecular complexity index is 2120. The van der Waals surface area contributed by atoms with Gasteiger partial charge in [0.1, 0.15) is 24.4 Å². The van der Waals surface area contributed by atoms with Crippen LogP contribution < -0.4 is 21.3 Å². The number of carbonyl (C=O) groups is 5. The van der Waals surface area contributed by atoms with E-state index >= 15 is 0 Å². The zero-order valence-corrected chi connectivity index (χ0v) is 29.3. The summed E-state index contributed by atoms with van der Waals surface area (Å²) >= 11 is 0. The molecule has 0 aliphatic carbocycles. The first-order chi connectivity index (χ1) is 25.5. The lowest BCUT2D eigenvalue weighted by atomic mass is 10.1. The molecule has 53 heavy (non-hydrogen) atoms. The van der Waals surface area contributed by atoms with Crippen LogP contribution >= 0.6 is 0 Å². The fourth-order valence-corrected chi connectivity index (χ4v) is 6.09. The summed E-state index contributed by atoms with van der Waals surface area (Å²) in [5.41, 5.74) is 3.11. The Kier molecular flexibility index (Phi) is 11.0. The number of nitrogens with one attached hydrogen (secondary N) is 5. The van der Waals surface area contributed by atoms with Crippen LogP contribution in [0.15, 0.2) is 75.9 Å². The highest BCUT2D eigenvalue weighted by atomic mass is 16.5. The summed E-state index contributed by atoms with van der Waals surface area (Å²) in [6.45, 7) is 4.64. The van der Waals surface area contributed by atoms with Gasteiger partial charge in [-0.2, -0.15) is 0 Å². The molecule has 0 spiro atoms. The molecule has 4 heterocycles. The maximum Gasteiger partial charge on any atom is 0.274 e. The van der Waals surface area contributed by atoms with E-state index in [-0.39, 0.29) is 61.4 Å². The van der Waals surface area contributed by atoms with Crippen molar-refractivity contribution in [2.75, 3.05) is 13.1 Å². The Morgan fingerprint density at radius 2 is 1.72 bits per heavy atom. The molecule has 0 fully saturated rings. The average molecular weight is 725 g/mol. The second-order valence-electron chi connectivity index (χ2n) is 12.9. The Morgan fingerprint density at radius 1 is 0.981 bits per heavy atom. The minimum absolute atomic E-state index is 0.00495. The van der Waals surface area contributed by atoms with Crippen molar-refractivity contribution in [1.29, 1.82) is 0 Å². The third kappa shape index (κ3) is 8.61. The van der Waals surface area contributed by atoms with E-state index in [1.165, 1.54) is 24.8 Å². The van der Waals surface area contributed by atoms with E-state index in [0.717, 1.165) is 34.0 Å². The number of aromatic amines is 1. The van der Waals surface area contributed by atoms with Gasteiger partial charge in [0.2, 0.25) is 23.6 Å². The number of para-hydroxylation sites is 1. The lowest BCUT2D eigenvalue weighted by molar-refractivity contribution is -0.132. The third-order valence-corrected chi connectivity index (χ3v) is 8.97. The maximum atomic E-state index is 13.9. The Morgan fingerprint density at radius 3 is 2.49 bits per heavy atom. The first-order valence-corrected chi connectivity index (χ1v) is 17.1. The number of rotatable bonds is 5. The number of aliphatic hydroxyl groups is 1. The standard InChI is InChI=1S/C37H40N8O8/c1-20-26(25-11-7-8-12-27(25)39-20)17-31(47)45-14-13-38-33(48)21(2)40-36(51)32(22(3)46)43-35(50)30-19-52-37(42-30)29(15-23-9-5-4-6-10-23)41-34(49)28-16-24(18-45)53-44-28/h4-12,16,19,21-22,29,32,39,46H,13-15,17-18H2,1-3H3,(H,38,48)(H,40,51)(H,41,49)(H,43,50)/t21-,22-,29-,32+/m1/s1. The topological polar surface area (TPSA) is 225 Å². The van der Waals surface area contributed by atoms with Crippen molar-refractivity contribution in [2.45, 2.75) is 64.4 Å². The smallest absolute Gasteiger partial charge is 0.274 e. The third-order valence-electron chi connectivity index (χ3n) is 8.97. The second kappa shape index (κ2) is 15.9. The van der Waals surface area contributed by atoms with Gasteiger partial charge in [0, 0.05) is 42.2 Å². The van der Waals surface area contributed by atoms with Gasteiger partial charge >= 0.3 is 0 Å². The van der Waals surface area contributed by atoms with Crippen LogP contribution in [0, 0.1) is 6.92 Å². The van der Waals surface area contributed by atoms with Gasteiger partial charge in [-0.25, -0.2) is 4.98 Å². The van der Waals surface area contributed by atoms with Crippen molar-refractivity contribution in [3.05, 3.63) is 107 Å². The molecular weight excluding hydrogens is 684 g/mol. The first-order valence-electron chi connectivity index (χ1n) is 17.1. The number of amides is 5. The van der Waals surface area contributed by atoms with Crippen molar-refractivity contribution < 1.29 is 38.0 Å². The summed E-state index contributed by atoms with van der Waals surface area (Å²) in [5.74, 6) is -2.90. The van der Waals surface area contributed by atoms with Crippen LogP contribution in [0.2, 0.25) is 0 Å². The molecule has 0 saturated heterocycles. The van der Waals surface area contributed by atoms with E-state index in [1.54, 1.807) is 0 Å². The average Bonchev–Trinajstić information content (AvgIpc) is 3.89. The van der Waals surface area contributed by atoms with Crippen molar-refractivity contribution >= 4 is 40.4 Å². The molecule has 3 aromatic heterocycles. The van der Waals surface area contributed by atoms with E-state index in [4.69, 9.17) is 8.94 Å². The van der Waals surface area contributed by atoms with Crippen LogP contribution in [-0.2, 0) is 33.8 Å². The van der Waals surface area contributed by atoms with Gasteiger partial charge in [-0.3, -0.25) is 24.0 Å². The van der Waals surface area contributed by atoms with Crippen LogP contribution in [0.5, 0.6) is 0 Å². The number of aryl methyl sites for hydroxylation is 1. The lowest BCUT2D eigenvalue weighted by Crippen LogP contribution is -2.56. The molecule has 1 aliphatic rings. The molecule has 16 heteroatoms. The van der Waals surface area contributed by atoms with E-state index in [0.29, 0.717) is 0 Å². The number of aliphatic hydroxyl groups excluding tert-OH is 1. The Labute approximate surface area is 303 Å². The quantitative estimate of drug-likeness (QED) is 0.154. The zero-order valence-electron chi connectivity index (χ0n) is 29.3. The largest absolute Gasteiger partial charge is 0.446 e. The molecule has 4 bridgehead atoms. The molecular formula is C37H40N8O8. The minimum atomic E-state index is -1.45. The Hall–Kier alpha value is -6.29. The van der Waals surface area contributed by atoms with E-state index in [9.17, 15) is 29.1 Å². The maximum absolute atomic E-state index is 13.9. The van der Waals surface area contributed by atoms with Crippen LogP contribution in [0.25, 0.3) is 10.9 Å². The zero-order chi connectivity index (χ0) is 37.6. The van der Waals surface area contributed by atoms with Gasteiger partial charge in [0.15, 0.2) is 17.1 Å². The molecule has 4 atom stereocenters. The number of aromatic nitrogens is 3. The number of hydrogen-bond acceptors (Lipinski definition) is 10. The molecule has 5 aromatic rings. The van der Waals surface area contributed by atoms with Gasteiger partial charge in [0.05, 0.1) is 19.1 Å². The van der Waals surface area contributed by atoms with Crippen LogP contribution in [0.3, 0.4) is 0 Å². The van der Waals surface area contributed by atoms with Crippen molar-refractivity contribution in [3.63, 3.8) is 0 Å². The van der Waals surface area contributed by atoms with Gasteiger partial charge in [-0.05, 0) is 38.0 Å².